The van der Waals surface area contributed by atoms with E-state index in [2.05, 4.69) is 14.8 Å². The zero-order chi connectivity index (χ0) is 14.9. The number of fused-ring (bicyclic) bond motifs is 1. The lowest BCUT2D eigenvalue weighted by atomic mass is 10.3. The molecule has 0 aliphatic carbocycles. The zero-order valence-electron chi connectivity index (χ0n) is 11.7. The van der Waals surface area contributed by atoms with Gasteiger partial charge >= 0.3 is 0 Å². The summed E-state index contributed by atoms with van der Waals surface area (Å²) in [6.07, 6.45) is 1.93. The molecular weight excluding hydrogens is 302 g/mol. The van der Waals surface area contributed by atoms with Crippen LogP contribution in [0, 0.1) is 0 Å². The minimum atomic E-state index is -3.20. The Bertz CT molecular complexity index is 719. The van der Waals surface area contributed by atoms with E-state index in [9.17, 15) is 8.42 Å². The van der Waals surface area contributed by atoms with Crippen LogP contribution in [0.1, 0.15) is 18.4 Å². The molecule has 20 heavy (non-hydrogen) atoms. The van der Waals surface area contributed by atoms with Gasteiger partial charge in [-0.1, -0.05) is 6.92 Å². The summed E-state index contributed by atoms with van der Waals surface area (Å²) in [5, 5.41) is 4.41. The predicted octanol–water partition coefficient (Wildman–Crippen LogP) is 0.620. The number of rotatable bonds is 6. The molecule has 0 amide bonds. The van der Waals surface area contributed by atoms with E-state index in [1.165, 1.54) is 0 Å². The minimum Gasteiger partial charge on any atom is -0.311 e. The number of hydrogen-bond donors (Lipinski definition) is 1. The van der Waals surface area contributed by atoms with Gasteiger partial charge in [-0.2, -0.15) is 5.10 Å². The quantitative estimate of drug-likeness (QED) is 0.791. The van der Waals surface area contributed by atoms with Crippen molar-refractivity contribution < 1.29 is 8.42 Å². The fourth-order valence-corrected chi connectivity index (χ4v) is 2.87. The van der Waals surface area contributed by atoms with Gasteiger partial charge < -0.3 is 4.57 Å². The predicted molar refractivity (Wildman–Crippen MR) is 78.3 cm³/mol. The normalized spacial score (nSPS) is 12.4. The first-order valence-electron chi connectivity index (χ1n) is 6.29. The van der Waals surface area contributed by atoms with Gasteiger partial charge in [-0.05, 0) is 6.42 Å². The molecule has 0 saturated carbocycles. The Hall–Kier alpha value is -1.12. The van der Waals surface area contributed by atoms with Crippen molar-refractivity contribution >= 4 is 32.8 Å². The van der Waals surface area contributed by atoms with Crippen molar-refractivity contribution in [1.29, 1.82) is 0 Å². The van der Waals surface area contributed by atoms with Gasteiger partial charge in [0.2, 0.25) is 10.0 Å². The van der Waals surface area contributed by atoms with Gasteiger partial charge in [0.1, 0.15) is 11.3 Å². The molecule has 0 bridgehead atoms. The third-order valence-electron chi connectivity index (χ3n) is 3.02. The average Bonchev–Trinajstić information content (AvgIpc) is 2.86. The summed E-state index contributed by atoms with van der Waals surface area (Å²) < 4.78 is 28.4. The highest BCUT2D eigenvalue weighted by molar-refractivity contribution is 7.88. The number of aromatic nitrogens is 4. The monoisotopic (exact) mass is 319 g/mol. The molecule has 2 aromatic heterocycles. The molecule has 0 radical (unpaired) electrons. The number of sulfonamides is 1. The van der Waals surface area contributed by atoms with Crippen molar-refractivity contribution in [2.45, 2.75) is 25.8 Å². The summed E-state index contributed by atoms with van der Waals surface area (Å²) in [5.74, 6) is 0.996. The highest BCUT2D eigenvalue weighted by Crippen LogP contribution is 2.20. The van der Waals surface area contributed by atoms with Crippen molar-refractivity contribution in [3.8, 4) is 0 Å². The van der Waals surface area contributed by atoms with Gasteiger partial charge in [0.15, 0.2) is 5.65 Å². The van der Waals surface area contributed by atoms with Crippen molar-refractivity contribution in [2.75, 3.05) is 12.8 Å². The molecule has 0 spiro atoms. The molecule has 0 saturated heterocycles. The van der Waals surface area contributed by atoms with Crippen molar-refractivity contribution in [1.82, 2.24) is 24.1 Å². The lowest BCUT2D eigenvalue weighted by Gasteiger charge is -2.08. The van der Waals surface area contributed by atoms with E-state index < -0.39 is 10.0 Å². The van der Waals surface area contributed by atoms with Crippen molar-refractivity contribution in [2.24, 2.45) is 7.05 Å². The molecule has 7 nitrogen and oxygen atoms in total. The Balaban J connectivity index is 2.37. The van der Waals surface area contributed by atoms with E-state index in [1.807, 2.05) is 18.5 Å². The number of imidazole rings is 1. The Kier molecular flexibility index (Phi) is 4.36. The first kappa shape index (κ1) is 15.3. The van der Waals surface area contributed by atoms with Crippen LogP contribution < -0.4 is 4.72 Å². The van der Waals surface area contributed by atoms with Gasteiger partial charge in [-0.15, -0.1) is 11.6 Å². The standard InChI is InChI=1S/C11H18ClN5O2S/c1-4-8-10-11(16(2)15-8)17(9(7-12)14-10)6-5-13-20(3,18)19/h13H,4-7H2,1-3H3. The van der Waals surface area contributed by atoms with Crippen LogP contribution in [0.3, 0.4) is 0 Å². The lowest BCUT2D eigenvalue weighted by molar-refractivity contribution is 0.575. The molecule has 0 aliphatic heterocycles. The summed E-state index contributed by atoms with van der Waals surface area (Å²) in [7, 11) is -1.35. The maximum Gasteiger partial charge on any atom is 0.208 e. The second-order valence-corrected chi connectivity index (χ2v) is 6.68. The molecule has 2 aromatic rings. The third kappa shape index (κ3) is 2.97. The van der Waals surface area contributed by atoms with Crippen LogP contribution in [0.4, 0.5) is 0 Å². The highest BCUT2D eigenvalue weighted by atomic mass is 35.5. The molecule has 112 valence electrons. The fourth-order valence-electron chi connectivity index (χ4n) is 2.20. The summed E-state index contributed by atoms with van der Waals surface area (Å²) >= 11 is 5.93. The summed E-state index contributed by atoms with van der Waals surface area (Å²) in [6, 6.07) is 0. The van der Waals surface area contributed by atoms with E-state index in [-0.39, 0.29) is 5.88 Å². The van der Waals surface area contributed by atoms with E-state index >= 15 is 0 Å². The second-order valence-electron chi connectivity index (χ2n) is 4.58. The second kappa shape index (κ2) is 5.71. The maximum atomic E-state index is 11.1. The van der Waals surface area contributed by atoms with E-state index in [0.29, 0.717) is 13.1 Å². The number of halogens is 1. The van der Waals surface area contributed by atoms with Crippen LogP contribution in [0.2, 0.25) is 0 Å². The molecule has 2 rings (SSSR count). The molecule has 9 heteroatoms. The smallest absolute Gasteiger partial charge is 0.208 e. The van der Waals surface area contributed by atoms with Crippen LogP contribution in [-0.4, -0.2) is 40.5 Å². The Labute approximate surface area is 123 Å². The molecule has 0 atom stereocenters. The zero-order valence-corrected chi connectivity index (χ0v) is 13.3. The number of aryl methyl sites for hydroxylation is 2. The number of nitrogens with zero attached hydrogens (tertiary/aromatic N) is 4. The third-order valence-corrected chi connectivity index (χ3v) is 3.99. The van der Waals surface area contributed by atoms with Crippen LogP contribution in [-0.2, 0) is 35.9 Å². The van der Waals surface area contributed by atoms with Gasteiger partial charge in [0, 0.05) is 20.1 Å². The molecule has 0 aliphatic rings. The van der Waals surface area contributed by atoms with Crippen LogP contribution in [0.5, 0.6) is 0 Å². The summed E-state index contributed by atoms with van der Waals surface area (Å²) in [5.41, 5.74) is 2.63. The molecule has 0 unspecified atom stereocenters. The minimum absolute atomic E-state index is 0.275. The van der Waals surface area contributed by atoms with Gasteiger partial charge in [-0.25, -0.2) is 18.1 Å². The fraction of sp³-hybridized carbons (Fsp3) is 0.636. The summed E-state index contributed by atoms with van der Waals surface area (Å²) in [6.45, 7) is 2.78. The molecule has 2 heterocycles. The van der Waals surface area contributed by atoms with Crippen molar-refractivity contribution in [3.05, 3.63) is 11.5 Å². The lowest BCUT2D eigenvalue weighted by Crippen LogP contribution is -2.26. The Morgan fingerprint density at radius 2 is 2.10 bits per heavy atom. The SMILES string of the molecule is CCc1nn(C)c2c1nc(CCl)n2CCNS(C)(=O)=O. The van der Waals surface area contributed by atoms with Gasteiger partial charge in [0.25, 0.3) is 0 Å². The van der Waals surface area contributed by atoms with E-state index in [0.717, 1.165) is 35.4 Å². The Morgan fingerprint density at radius 1 is 1.40 bits per heavy atom. The Morgan fingerprint density at radius 3 is 2.65 bits per heavy atom. The first-order valence-corrected chi connectivity index (χ1v) is 8.71. The number of hydrogen-bond acceptors (Lipinski definition) is 4. The van der Waals surface area contributed by atoms with E-state index in [1.54, 1.807) is 4.68 Å². The van der Waals surface area contributed by atoms with Gasteiger partial charge in [0.05, 0.1) is 17.8 Å². The van der Waals surface area contributed by atoms with Gasteiger partial charge in [-0.3, -0.25) is 4.68 Å². The first-order chi connectivity index (χ1) is 9.37. The molecule has 0 fully saturated rings. The largest absolute Gasteiger partial charge is 0.311 e. The number of nitrogens with one attached hydrogen (secondary N) is 1. The maximum absolute atomic E-state index is 11.1. The molecular formula is C11H18ClN5O2S. The molecule has 0 aromatic carbocycles. The van der Waals surface area contributed by atoms with E-state index in [4.69, 9.17) is 11.6 Å². The topological polar surface area (TPSA) is 81.8 Å². The number of alkyl halides is 1. The summed E-state index contributed by atoms with van der Waals surface area (Å²) in [4.78, 5) is 4.51. The van der Waals surface area contributed by atoms with Crippen molar-refractivity contribution in [3.63, 3.8) is 0 Å². The molecule has 1 N–H and O–H groups in total. The average molecular weight is 320 g/mol. The van der Waals surface area contributed by atoms with Crippen LogP contribution >= 0.6 is 11.6 Å². The van der Waals surface area contributed by atoms with Crippen LogP contribution in [0.25, 0.3) is 11.2 Å². The highest BCUT2D eigenvalue weighted by Gasteiger charge is 2.17. The van der Waals surface area contributed by atoms with Crippen LogP contribution in [0.15, 0.2) is 0 Å².